The Bertz CT molecular complexity index is 1840. The first kappa shape index (κ1) is 35.8. The van der Waals surface area contributed by atoms with Crippen molar-refractivity contribution in [3.63, 3.8) is 0 Å². The second-order valence-corrected chi connectivity index (χ2v) is 15.4. The van der Waals surface area contributed by atoms with Gasteiger partial charge in [-0.3, -0.25) is 4.79 Å². The second-order valence-electron chi connectivity index (χ2n) is 15.4. The first-order chi connectivity index (χ1) is 24.3. The number of benzene rings is 2. The van der Waals surface area contributed by atoms with Crippen molar-refractivity contribution >= 4 is 23.5 Å². The predicted molar refractivity (Wildman–Crippen MR) is 196 cm³/mol. The fourth-order valence-corrected chi connectivity index (χ4v) is 5.88. The molecule has 6 rings (SSSR count). The lowest BCUT2D eigenvalue weighted by atomic mass is 9.97. The lowest BCUT2D eigenvalue weighted by molar-refractivity contribution is -0.123. The van der Waals surface area contributed by atoms with Gasteiger partial charge in [-0.15, -0.1) is 0 Å². The number of carbonyl (C=O) groups excluding carboxylic acids is 2. The molecule has 2 amide bonds. The normalized spacial score (nSPS) is 16.3. The van der Waals surface area contributed by atoms with Gasteiger partial charge in [0.1, 0.15) is 23.4 Å². The predicted octanol–water partition coefficient (Wildman–Crippen LogP) is 7.28. The van der Waals surface area contributed by atoms with Crippen molar-refractivity contribution in [3.05, 3.63) is 72.2 Å². The zero-order valence-electron chi connectivity index (χ0n) is 30.5. The summed E-state index contributed by atoms with van der Waals surface area (Å²) in [5, 5.41) is 11.0. The van der Waals surface area contributed by atoms with Crippen LogP contribution in [0.5, 0.6) is 5.75 Å². The highest BCUT2D eigenvalue weighted by atomic mass is 16.6. The molecule has 270 valence electrons. The Kier molecular flexibility index (Phi) is 10.6. The molecule has 4 aromatic rings. The number of aromatic nitrogens is 4. The van der Waals surface area contributed by atoms with Gasteiger partial charge < -0.3 is 29.7 Å². The van der Waals surface area contributed by atoms with Gasteiger partial charge in [0.05, 0.1) is 18.4 Å². The van der Waals surface area contributed by atoms with E-state index in [-0.39, 0.29) is 30.3 Å². The van der Waals surface area contributed by atoms with E-state index in [1.165, 1.54) is 0 Å². The molecule has 2 N–H and O–H groups in total. The molecule has 12 heteroatoms. The van der Waals surface area contributed by atoms with Crippen LogP contribution in [0.2, 0.25) is 0 Å². The summed E-state index contributed by atoms with van der Waals surface area (Å²) in [4.78, 5) is 37.1. The molecule has 2 aromatic heterocycles. The van der Waals surface area contributed by atoms with Gasteiger partial charge in [-0.2, -0.15) is 5.10 Å². The minimum Gasteiger partial charge on any atom is -0.484 e. The minimum atomic E-state index is -0.610. The maximum Gasteiger partial charge on any atom is 0.410 e. The third-order valence-electron chi connectivity index (χ3n) is 8.52. The molecule has 12 nitrogen and oxygen atoms in total. The van der Waals surface area contributed by atoms with Crippen LogP contribution < -0.4 is 15.4 Å². The molecular formula is C39H49N7O5. The van der Waals surface area contributed by atoms with Crippen molar-refractivity contribution < 1.29 is 23.8 Å². The van der Waals surface area contributed by atoms with Crippen molar-refractivity contribution in [3.8, 4) is 28.3 Å². The fraction of sp³-hybridized carbons (Fsp3) is 0.462. The molecule has 2 aliphatic heterocycles. The molecule has 0 radical (unpaired) electrons. The highest BCUT2D eigenvalue weighted by molar-refractivity contribution is 5.77. The number of hydrogen-bond donors (Lipinski definition) is 2. The van der Waals surface area contributed by atoms with Crippen molar-refractivity contribution in [2.75, 3.05) is 31.6 Å². The SMILES string of the molecule is CC(C)(C)CNC(=O)COc1cccc(-c2nc3c(c(Nc4ccc(-c5cnn(C6CCCCO6)c5)cc4)n2)CN(C(=O)OC(C)(C)C)CC3)c1. The van der Waals surface area contributed by atoms with E-state index < -0.39 is 5.60 Å². The second kappa shape index (κ2) is 15.1. The molecule has 0 bridgehead atoms. The molecular weight excluding hydrogens is 646 g/mol. The first-order valence-electron chi connectivity index (χ1n) is 17.7. The number of anilines is 2. The quantitative estimate of drug-likeness (QED) is 0.185. The smallest absolute Gasteiger partial charge is 0.410 e. The molecule has 1 saturated heterocycles. The van der Waals surface area contributed by atoms with E-state index >= 15 is 0 Å². The average molecular weight is 696 g/mol. The van der Waals surface area contributed by atoms with E-state index in [1.807, 2.05) is 86.4 Å². The first-order valence-corrected chi connectivity index (χ1v) is 17.7. The Hall–Kier alpha value is -4.97. The Labute approximate surface area is 299 Å². The molecule has 0 saturated carbocycles. The lowest BCUT2D eigenvalue weighted by Gasteiger charge is -2.31. The summed E-state index contributed by atoms with van der Waals surface area (Å²) in [7, 11) is 0. The zero-order chi connectivity index (χ0) is 36.2. The van der Waals surface area contributed by atoms with E-state index in [9.17, 15) is 9.59 Å². The van der Waals surface area contributed by atoms with Gasteiger partial charge in [0, 0.05) is 54.7 Å². The third kappa shape index (κ3) is 9.63. The molecule has 4 heterocycles. The van der Waals surface area contributed by atoms with Crippen LogP contribution in [-0.4, -0.2) is 68.6 Å². The Morgan fingerprint density at radius 2 is 1.78 bits per heavy atom. The summed E-state index contributed by atoms with van der Waals surface area (Å²) in [5.41, 5.74) is 4.68. The van der Waals surface area contributed by atoms with Crippen LogP contribution in [0.4, 0.5) is 16.3 Å². The van der Waals surface area contributed by atoms with Crippen LogP contribution in [0.15, 0.2) is 60.9 Å². The topological polar surface area (TPSA) is 133 Å². The number of ether oxygens (including phenoxy) is 3. The van der Waals surface area contributed by atoms with E-state index in [2.05, 4.69) is 36.5 Å². The number of fused-ring (bicyclic) bond motifs is 1. The van der Waals surface area contributed by atoms with E-state index in [4.69, 9.17) is 24.2 Å². The van der Waals surface area contributed by atoms with Gasteiger partial charge in [-0.1, -0.05) is 45.0 Å². The third-order valence-corrected chi connectivity index (χ3v) is 8.52. The number of nitrogens with one attached hydrogen (secondary N) is 2. The summed E-state index contributed by atoms with van der Waals surface area (Å²) >= 11 is 0. The molecule has 1 unspecified atom stereocenters. The molecule has 51 heavy (non-hydrogen) atoms. The number of rotatable bonds is 9. The Morgan fingerprint density at radius 1 is 0.980 bits per heavy atom. The van der Waals surface area contributed by atoms with E-state index in [0.717, 1.165) is 59.5 Å². The van der Waals surface area contributed by atoms with Gasteiger partial charge in [0.25, 0.3) is 5.91 Å². The monoisotopic (exact) mass is 695 g/mol. The van der Waals surface area contributed by atoms with Crippen LogP contribution in [0.3, 0.4) is 0 Å². The van der Waals surface area contributed by atoms with Crippen molar-refractivity contribution in [1.82, 2.24) is 30.0 Å². The maximum absolute atomic E-state index is 13.1. The molecule has 2 aromatic carbocycles. The summed E-state index contributed by atoms with van der Waals surface area (Å²) in [6.45, 7) is 13.8. The van der Waals surface area contributed by atoms with Crippen molar-refractivity contribution in [1.29, 1.82) is 0 Å². The van der Waals surface area contributed by atoms with Gasteiger partial charge in [-0.25, -0.2) is 19.4 Å². The van der Waals surface area contributed by atoms with Crippen LogP contribution in [0.25, 0.3) is 22.5 Å². The minimum absolute atomic E-state index is 0.0167. The largest absolute Gasteiger partial charge is 0.484 e. The fourth-order valence-electron chi connectivity index (χ4n) is 5.88. The highest BCUT2D eigenvalue weighted by Crippen LogP contribution is 2.32. The molecule has 1 fully saturated rings. The van der Waals surface area contributed by atoms with Gasteiger partial charge in [0.15, 0.2) is 12.4 Å². The Morgan fingerprint density at radius 3 is 2.51 bits per heavy atom. The van der Waals surface area contributed by atoms with Crippen LogP contribution in [0, 0.1) is 5.41 Å². The van der Waals surface area contributed by atoms with Gasteiger partial charge in [-0.05, 0) is 75.3 Å². The van der Waals surface area contributed by atoms with Crippen LogP contribution >= 0.6 is 0 Å². The summed E-state index contributed by atoms with van der Waals surface area (Å²) in [6.07, 6.45) is 7.25. The van der Waals surface area contributed by atoms with Crippen molar-refractivity contribution in [2.45, 2.75) is 85.6 Å². The number of nitrogens with zero attached hydrogens (tertiary/aromatic N) is 5. The summed E-state index contributed by atoms with van der Waals surface area (Å²) in [6, 6.07) is 15.5. The summed E-state index contributed by atoms with van der Waals surface area (Å²) < 4.78 is 19.3. The van der Waals surface area contributed by atoms with Crippen molar-refractivity contribution in [2.24, 2.45) is 5.41 Å². The lowest BCUT2D eigenvalue weighted by Crippen LogP contribution is -2.40. The Balaban J connectivity index is 1.24. The van der Waals surface area contributed by atoms with Crippen LogP contribution in [0.1, 0.15) is 78.3 Å². The number of carbonyl (C=O) groups is 2. The molecule has 0 spiro atoms. The number of amides is 2. The zero-order valence-corrected chi connectivity index (χ0v) is 30.5. The maximum atomic E-state index is 13.1. The standard InChI is InChI=1S/C39H49N7O5/c1-38(2,3)25-40-33(47)24-50-30-11-9-10-27(20-30)35-43-32-17-18-45(37(48)51-39(4,5)6)23-31(32)36(44-35)42-29-15-13-26(14-16-29)28-21-41-46(22-28)34-12-7-8-19-49-34/h9-11,13-16,20-22,34H,7-8,12,17-19,23-25H2,1-6H3,(H,40,47)(H,42,43,44). The van der Waals surface area contributed by atoms with E-state index in [0.29, 0.717) is 43.4 Å². The molecule has 2 aliphatic rings. The van der Waals surface area contributed by atoms with Crippen LogP contribution in [-0.2, 0) is 27.2 Å². The molecule has 1 atom stereocenters. The molecule has 0 aliphatic carbocycles. The average Bonchev–Trinajstić information content (AvgIpc) is 3.60. The van der Waals surface area contributed by atoms with Gasteiger partial charge in [0.2, 0.25) is 0 Å². The highest BCUT2D eigenvalue weighted by Gasteiger charge is 2.29. The summed E-state index contributed by atoms with van der Waals surface area (Å²) in [5.74, 6) is 1.48. The number of hydrogen-bond acceptors (Lipinski definition) is 9. The van der Waals surface area contributed by atoms with E-state index in [1.54, 1.807) is 4.90 Å². The van der Waals surface area contributed by atoms with Gasteiger partial charge >= 0.3 is 6.09 Å².